The molecule has 23 heavy (non-hydrogen) atoms. The van der Waals surface area contributed by atoms with Gasteiger partial charge in [0.2, 0.25) is 0 Å². The van der Waals surface area contributed by atoms with Crippen molar-refractivity contribution in [1.29, 1.82) is 0 Å². The maximum absolute atomic E-state index is 12.4. The number of hydrogen-bond donors (Lipinski definition) is 1. The van der Waals surface area contributed by atoms with Crippen molar-refractivity contribution in [2.75, 3.05) is 6.61 Å². The van der Waals surface area contributed by atoms with Gasteiger partial charge >= 0.3 is 5.97 Å². The first kappa shape index (κ1) is 16.1. The number of ether oxygens (including phenoxy) is 1. The van der Waals surface area contributed by atoms with Gasteiger partial charge in [-0.15, -0.1) is 11.3 Å². The highest BCUT2D eigenvalue weighted by molar-refractivity contribution is 7.20. The smallest absolute Gasteiger partial charge is 0.348 e. The Bertz CT molecular complexity index is 774. The van der Waals surface area contributed by atoms with Crippen LogP contribution in [0, 0.1) is 6.92 Å². The van der Waals surface area contributed by atoms with Crippen LogP contribution in [0.25, 0.3) is 10.2 Å². The summed E-state index contributed by atoms with van der Waals surface area (Å²) in [4.78, 5) is 30.1. The van der Waals surface area contributed by atoms with E-state index in [1.165, 1.54) is 28.7 Å². The Balaban J connectivity index is 1.92. The number of hydrogen-bond acceptors (Lipinski definition) is 6. The molecular weight excluding hydrogens is 316 g/mol. The topological polar surface area (TPSA) is 81.4 Å². The van der Waals surface area contributed by atoms with E-state index in [0.717, 1.165) is 25.7 Å². The van der Waals surface area contributed by atoms with Crippen LogP contribution >= 0.6 is 11.3 Å². The molecule has 1 aliphatic rings. The first-order chi connectivity index (χ1) is 11.1. The van der Waals surface area contributed by atoms with E-state index in [4.69, 9.17) is 9.84 Å². The summed E-state index contributed by atoms with van der Waals surface area (Å²) in [5, 5.41) is 9.45. The lowest BCUT2D eigenvalue weighted by molar-refractivity contribution is 0.0216. The predicted octanol–water partition coefficient (Wildman–Crippen LogP) is 2.25. The molecule has 2 heterocycles. The van der Waals surface area contributed by atoms with E-state index >= 15 is 0 Å². The highest BCUT2D eigenvalue weighted by atomic mass is 32.1. The van der Waals surface area contributed by atoms with Gasteiger partial charge in [0.1, 0.15) is 15.8 Å². The van der Waals surface area contributed by atoms with Crippen LogP contribution in [-0.4, -0.2) is 33.3 Å². The van der Waals surface area contributed by atoms with E-state index in [1.807, 2.05) is 0 Å². The van der Waals surface area contributed by atoms with Crippen molar-refractivity contribution in [3.05, 3.63) is 27.1 Å². The molecule has 6 nitrogen and oxygen atoms in total. The quantitative estimate of drug-likeness (QED) is 0.866. The highest BCUT2D eigenvalue weighted by Gasteiger charge is 2.24. The summed E-state index contributed by atoms with van der Waals surface area (Å²) in [5.74, 6) is -0.356. The molecule has 2 aromatic heterocycles. The van der Waals surface area contributed by atoms with E-state index in [2.05, 4.69) is 4.98 Å². The minimum absolute atomic E-state index is 0.0140. The third kappa shape index (κ3) is 3.16. The van der Waals surface area contributed by atoms with Crippen LogP contribution in [0.15, 0.2) is 11.1 Å². The number of rotatable bonds is 4. The molecule has 0 radical (unpaired) electrons. The van der Waals surface area contributed by atoms with Crippen LogP contribution in [0.3, 0.4) is 0 Å². The van der Waals surface area contributed by atoms with E-state index in [1.54, 1.807) is 6.92 Å². The average molecular weight is 336 g/mol. The Morgan fingerprint density at radius 3 is 2.87 bits per heavy atom. The summed E-state index contributed by atoms with van der Waals surface area (Å²) in [7, 11) is 0. The van der Waals surface area contributed by atoms with Crippen molar-refractivity contribution >= 4 is 27.5 Å². The maximum Gasteiger partial charge on any atom is 0.348 e. The monoisotopic (exact) mass is 336 g/mol. The van der Waals surface area contributed by atoms with E-state index in [0.29, 0.717) is 20.7 Å². The zero-order valence-corrected chi connectivity index (χ0v) is 13.9. The fourth-order valence-electron chi connectivity index (χ4n) is 3.01. The van der Waals surface area contributed by atoms with Crippen molar-refractivity contribution in [3.8, 4) is 0 Å². The lowest BCUT2D eigenvalue weighted by Crippen LogP contribution is -2.22. The largest absolute Gasteiger partial charge is 0.458 e. The molecule has 124 valence electrons. The Hall–Kier alpha value is -1.73. The van der Waals surface area contributed by atoms with Gasteiger partial charge in [-0.2, -0.15) is 0 Å². The van der Waals surface area contributed by atoms with Crippen LogP contribution < -0.4 is 5.56 Å². The standard InChI is InChI=1S/C16H20N2O4S/c1-10-12-14(17-9-18(7-8-19)15(12)20)23-13(10)16(21)22-11-5-3-2-4-6-11/h9,11,19H,2-8H2,1H3. The van der Waals surface area contributed by atoms with Crippen molar-refractivity contribution in [2.45, 2.75) is 51.7 Å². The SMILES string of the molecule is Cc1c(C(=O)OC2CCCCC2)sc2ncn(CCO)c(=O)c12. The average Bonchev–Trinajstić information content (AvgIpc) is 2.89. The lowest BCUT2D eigenvalue weighted by Gasteiger charge is -2.21. The third-order valence-corrected chi connectivity index (χ3v) is 5.45. The van der Waals surface area contributed by atoms with Gasteiger partial charge in [0.05, 0.1) is 24.9 Å². The number of carbonyl (C=O) groups is 1. The zero-order chi connectivity index (χ0) is 16.4. The number of fused-ring (bicyclic) bond motifs is 1. The van der Waals surface area contributed by atoms with Gasteiger partial charge in [-0.05, 0) is 38.2 Å². The number of carbonyl (C=O) groups excluding carboxylic acids is 1. The van der Waals surface area contributed by atoms with E-state index < -0.39 is 0 Å². The first-order valence-corrected chi connectivity index (χ1v) is 8.74. The van der Waals surface area contributed by atoms with Gasteiger partial charge in [0.15, 0.2) is 0 Å². The van der Waals surface area contributed by atoms with Gasteiger partial charge < -0.3 is 9.84 Å². The van der Waals surface area contributed by atoms with E-state index in [-0.39, 0.29) is 30.8 Å². The summed E-state index contributed by atoms with van der Waals surface area (Å²) in [6.07, 6.45) is 6.61. The predicted molar refractivity (Wildman–Crippen MR) is 88.0 cm³/mol. The fourth-order valence-corrected chi connectivity index (χ4v) is 4.03. The molecule has 0 amide bonds. The van der Waals surface area contributed by atoms with Crippen LogP contribution in [0.4, 0.5) is 0 Å². The summed E-state index contributed by atoms with van der Waals surface area (Å²) in [6.45, 7) is 1.81. The van der Waals surface area contributed by atoms with Crippen LogP contribution in [0.1, 0.15) is 47.3 Å². The van der Waals surface area contributed by atoms with Crippen molar-refractivity contribution in [2.24, 2.45) is 0 Å². The Morgan fingerprint density at radius 1 is 1.43 bits per heavy atom. The second kappa shape index (κ2) is 6.80. The number of thiophene rings is 1. The molecule has 0 aliphatic heterocycles. The molecule has 0 unspecified atom stereocenters. The van der Waals surface area contributed by atoms with Gasteiger partial charge in [0, 0.05) is 0 Å². The molecule has 2 aromatic rings. The Labute approximate surface area is 137 Å². The molecule has 7 heteroatoms. The highest BCUT2D eigenvalue weighted by Crippen LogP contribution is 2.29. The summed E-state index contributed by atoms with van der Waals surface area (Å²) in [6, 6.07) is 0. The molecular formula is C16H20N2O4S. The number of aryl methyl sites for hydroxylation is 1. The lowest BCUT2D eigenvalue weighted by atomic mass is 9.98. The second-order valence-electron chi connectivity index (χ2n) is 5.87. The number of nitrogens with zero attached hydrogens (tertiary/aromatic N) is 2. The van der Waals surface area contributed by atoms with Crippen LogP contribution in [-0.2, 0) is 11.3 Å². The minimum atomic E-state index is -0.356. The molecule has 0 atom stereocenters. The molecule has 1 fully saturated rings. The number of esters is 1. The molecule has 0 spiro atoms. The van der Waals surface area contributed by atoms with Gasteiger partial charge in [-0.3, -0.25) is 9.36 Å². The van der Waals surface area contributed by atoms with Gasteiger partial charge in [0.25, 0.3) is 5.56 Å². The number of aliphatic hydroxyl groups excluding tert-OH is 1. The maximum atomic E-state index is 12.4. The van der Waals surface area contributed by atoms with E-state index in [9.17, 15) is 9.59 Å². The first-order valence-electron chi connectivity index (χ1n) is 7.92. The summed E-state index contributed by atoms with van der Waals surface area (Å²) in [5.41, 5.74) is 0.394. The third-order valence-electron chi connectivity index (χ3n) is 4.27. The van der Waals surface area contributed by atoms with Crippen molar-refractivity contribution in [3.63, 3.8) is 0 Å². The molecule has 0 bridgehead atoms. The normalized spacial score (nSPS) is 15.9. The van der Waals surface area contributed by atoms with Crippen molar-refractivity contribution < 1.29 is 14.6 Å². The molecule has 3 rings (SSSR count). The molecule has 1 aliphatic carbocycles. The minimum Gasteiger partial charge on any atom is -0.458 e. The van der Waals surface area contributed by atoms with Gasteiger partial charge in [-0.1, -0.05) is 6.42 Å². The summed E-state index contributed by atoms with van der Waals surface area (Å²) < 4.78 is 6.96. The molecule has 0 aromatic carbocycles. The Morgan fingerprint density at radius 2 is 2.17 bits per heavy atom. The molecule has 1 N–H and O–H groups in total. The summed E-state index contributed by atoms with van der Waals surface area (Å²) >= 11 is 1.20. The number of aromatic nitrogens is 2. The molecule has 0 saturated heterocycles. The van der Waals surface area contributed by atoms with Crippen LogP contribution in [0.2, 0.25) is 0 Å². The van der Waals surface area contributed by atoms with Crippen molar-refractivity contribution in [1.82, 2.24) is 9.55 Å². The molecule has 1 saturated carbocycles. The Kier molecular flexibility index (Phi) is 4.77. The second-order valence-corrected chi connectivity index (χ2v) is 6.87. The fraction of sp³-hybridized carbons (Fsp3) is 0.562. The van der Waals surface area contributed by atoms with Crippen LogP contribution in [0.5, 0.6) is 0 Å². The number of aliphatic hydroxyl groups is 1. The zero-order valence-electron chi connectivity index (χ0n) is 13.1. The van der Waals surface area contributed by atoms with Gasteiger partial charge in [-0.25, -0.2) is 9.78 Å².